The van der Waals surface area contributed by atoms with Crippen molar-refractivity contribution in [2.45, 2.75) is 23.8 Å². The van der Waals surface area contributed by atoms with E-state index in [0.717, 1.165) is 29.7 Å². The molecule has 0 radical (unpaired) electrons. The molecule has 2 aromatic rings. The van der Waals surface area contributed by atoms with Crippen molar-refractivity contribution in [2.24, 2.45) is 0 Å². The van der Waals surface area contributed by atoms with E-state index >= 15 is 0 Å². The van der Waals surface area contributed by atoms with E-state index < -0.39 is 9.84 Å². The lowest BCUT2D eigenvalue weighted by Crippen LogP contribution is -2.41. The van der Waals surface area contributed by atoms with Crippen molar-refractivity contribution < 1.29 is 17.9 Å². The van der Waals surface area contributed by atoms with E-state index in [4.69, 9.17) is 4.74 Å². The van der Waals surface area contributed by atoms with Gasteiger partial charge in [-0.2, -0.15) is 0 Å². The Morgan fingerprint density at radius 2 is 1.78 bits per heavy atom. The van der Waals surface area contributed by atoms with Crippen LogP contribution in [0.25, 0.3) is 11.1 Å². The van der Waals surface area contributed by atoms with Crippen LogP contribution >= 0.6 is 0 Å². The molecular weight excluding hydrogens is 362 g/mol. The maximum absolute atomic E-state index is 11.7. The third-order valence-corrected chi connectivity index (χ3v) is 5.79. The van der Waals surface area contributed by atoms with Gasteiger partial charge in [0.1, 0.15) is 11.9 Å². The second-order valence-electron chi connectivity index (χ2n) is 6.67. The summed E-state index contributed by atoms with van der Waals surface area (Å²) in [5.41, 5.74) is 1.78. The van der Waals surface area contributed by atoms with Crippen molar-refractivity contribution >= 4 is 15.7 Å². The topological polar surface area (TPSA) is 63.7 Å². The van der Waals surface area contributed by atoms with Crippen molar-refractivity contribution in [3.05, 3.63) is 61.2 Å². The smallest absolute Gasteiger partial charge is 0.245 e. The maximum atomic E-state index is 11.7. The quantitative estimate of drug-likeness (QED) is 0.741. The van der Waals surface area contributed by atoms with Gasteiger partial charge in [0.15, 0.2) is 9.84 Å². The van der Waals surface area contributed by atoms with Gasteiger partial charge in [0.25, 0.3) is 0 Å². The van der Waals surface area contributed by atoms with Gasteiger partial charge in [-0.15, -0.1) is 0 Å². The molecule has 1 saturated heterocycles. The summed E-state index contributed by atoms with van der Waals surface area (Å²) in [4.78, 5) is 13.7. The zero-order valence-corrected chi connectivity index (χ0v) is 16.1. The van der Waals surface area contributed by atoms with Crippen LogP contribution in [0.1, 0.15) is 12.8 Å². The molecule has 3 rings (SSSR count). The number of nitrogens with zero attached hydrogens (tertiary/aromatic N) is 1. The molecule has 1 amide bonds. The molecule has 142 valence electrons. The largest absolute Gasteiger partial charge is 0.490 e. The minimum atomic E-state index is -3.23. The fourth-order valence-electron chi connectivity index (χ4n) is 3.15. The van der Waals surface area contributed by atoms with Gasteiger partial charge < -0.3 is 9.64 Å². The number of rotatable bonds is 5. The van der Waals surface area contributed by atoms with Crippen molar-refractivity contribution in [1.29, 1.82) is 0 Å². The molecule has 0 saturated carbocycles. The van der Waals surface area contributed by atoms with Crippen LogP contribution in [0.4, 0.5) is 0 Å². The first-order valence-corrected chi connectivity index (χ1v) is 10.7. The molecule has 6 heteroatoms. The Morgan fingerprint density at radius 1 is 1.11 bits per heavy atom. The molecule has 0 N–H and O–H groups in total. The summed E-state index contributed by atoms with van der Waals surface area (Å²) in [7, 11) is -3.23. The van der Waals surface area contributed by atoms with Crippen LogP contribution in [-0.4, -0.2) is 44.7 Å². The molecule has 1 heterocycles. The molecule has 0 aromatic heterocycles. The zero-order valence-electron chi connectivity index (χ0n) is 15.3. The van der Waals surface area contributed by atoms with E-state index in [9.17, 15) is 13.2 Å². The number of hydrogen-bond donors (Lipinski definition) is 0. The second kappa shape index (κ2) is 7.96. The maximum Gasteiger partial charge on any atom is 0.245 e. The van der Waals surface area contributed by atoms with E-state index in [1.807, 2.05) is 30.3 Å². The Labute approximate surface area is 160 Å². The number of carbonyl (C=O) groups excluding carboxylic acids is 1. The van der Waals surface area contributed by atoms with Crippen LogP contribution < -0.4 is 4.74 Å². The molecule has 1 fully saturated rings. The number of sulfone groups is 1. The van der Waals surface area contributed by atoms with Crippen molar-refractivity contribution in [3.63, 3.8) is 0 Å². The molecule has 2 aromatic carbocycles. The van der Waals surface area contributed by atoms with E-state index in [0.29, 0.717) is 18.0 Å². The Balaban J connectivity index is 1.65. The SMILES string of the molecule is C=CC(=O)N1CCC(Oc2ccc(-c3cccc(S(C)(=O)=O)c3)cc2)CC1. The Hall–Kier alpha value is -2.60. The van der Waals surface area contributed by atoms with Crippen LogP contribution in [0.15, 0.2) is 66.1 Å². The molecule has 0 atom stereocenters. The summed E-state index contributed by atoms with van der Waals surface area (Å²) in [5.74, 6) is 0.737. The van der Waals surface area contributed by atoms with Crippen molar-refractivity contribution in [2.75, 3.05) is 19.3 Å². The van der Waals surface area contributed by atoms with Gasteiger partial charge >= 0.3 is 0 Å². The minimum absolute atomic E-state index is 0.0332. The Kier molecular flexibility index (Phi) is 5.65. The van der Waals surface area contributed by atoms with Gasteiger partial charge in [-0.05, 0) is 41.5 Å². The summed E-state index contributed by atoms with van der Waals surface area (Å²) in [6, 6.07) is 14.5. The molecular formula is C21H23NO4S. The second-order valence-corrected chi connectivity index (χ2v) is 8.69. The van der Waals surface area contributed by atoms with Gasteiger partial charge in [0, 0.05) is 32.2 Å². The molecule has 0 unspecified atom stereocenters. The number of amides is 1. The number of piperidine rings is 1. The first kappa shape index (κ1) is 19.2. The van der Waals surface area contributed by atoms with Gasteiger partial charge in [-0.3, -0.25) is 4.79 Å². The lowest BCUT2D eigenvalue weighted by atomic mass is 10.1. The van der Waals surface area contributed by atoms with Gasteiger partial charge in [-0.25, -0.2) is 8.42 Å². The average Bonchev–Trinajstić information content (AvgIpc) is 2.68. The Bertz CT molecular complexity index is 927. The number of benzene rings is 2. The van der Waals surface area contributed by atoms with E-state index in [1.165, 1.54) is 12.3 Å². The van der Waals surface area contributed by atoms with E-state index in [1.54, 1.807) is 23.1 Å². The van der Waals surface area contributed by atoms with Crippen molar-refractivity contribution in [1.82, 2.24) is 4.90 Å². The molecule has 1 aliphatic rings. The fraction of sp³-hybridized carbons (Fsp3) is 0.286. The van der Waals surface area contributed by atoms with E-state index in [-0.39, 0.29) is 12.0 Å². The van der Waals surface area contributed by atoms with Gasteiger partial charge in [-0.1, -0.05) is 30.8 Å². The normalized spacial score (nSPS) is 15.4. The van der Waals surface area contributed by atoms with Crippen LogP contribution in [0, 0.1) is 0 Å². The summed E-state index contributed by atoms with van der Waals surface area (Å²) < 4.78 is 29.5. The molecule has 0 spiro atoms. The molecule has 27 heavy (non-hydrogen) atoms. The molecule has 5 nitrogen and oxygen atoms in total. The third kappa shape index (κ3) is 4.77. The fourth-order valence-corrected chi connectivity index (χ4v) is 3.81. The highest BCUT2D eigenvalue weighted by molar-refractivity contribution is 7.90. The van der Waals surface area contributed by atoms with Crippen molar-refractivity contribution in [3.8, 4) is 16.9 Å². The average molecular weight is 385 g/mol. The zero-order chi connectivity index (χ0) is 19.4. The first-order chi connectivity index (χ1) is 12.9. The number of likely N-dealkylation sites (tertiary alicyclic amines) is 1. The van der Waals surface area contributed by atoms with E-state index in [2.05, 4.69) is 6.58 Å². The summed E-state index contributed by atoms with van der Waals surface area (Å²) >= 11 is 0. The van der Waals surface area contributed by atoms with Crippen LogP contribution in [-0.2, 0) is 14.6 Å². The molecule has 0 aliphatic carbocycles. The minimum Gasteiger partial charge on any atom is -0.490 e. The number of ether oxygens (including phenoxy) is 1. The van der Waals surface area contributed by atoms with Crippen LogP contribution in [0.2, 0.25) is 0 Å². The highest BCUT2D eigenvalue weighted by Gasteiger charge is 2.22. The standard InChI is InChI=1S/C21H23NO4S/c1-3-21(23)22-13-11-19(12-14-22)26-18-9-7-16(8-10-18)17-5-4-6-20(15-17)27(2,24)25/h3-10,15,19H,1,11-14H2,2H3. The van der Waals surface area contributed by atoms with Gasteiger partial charge in [0.05, 0.1) is 4.90 Å². The predicted octanol–water partition coefficient (Wildman–Crippen LogP) is 3.31. The summed E-state index contributed by atoms with van der Waals surface area (Å²) in [6.45, 7) is 4.86. The number of carbonyl (C=O) groups is 1. The highest BCUT2D eigenvalue weighted by atomic mass is 32.2. The predicted molar refractivity (Wildman–Crippen MR) is 105 cm³/mol. The lowest BCUT2D eigenvalue weighted by Gasteiger charge is -2.31. The third-order valence-electron chi connectivity index (χ3n) is 4.68. The van der Waals surface area contributed by atoms with Crippen LogP contribution in [0.3, 0.4) is 0 Å². The summed E-state index contributed by atoms with van der Waals surface area (Å²) in [5, 5.41) is 0. The monoisotopic (exact) mass is 385 g/mol. The summed E-state index contributed by atoms with van der Waals surface area (Å²) in [6.07, 6.45) is 4.21. The molecule has 0 bridgehead atoms. The molecule has 1 aliphatic heterocycles. The van der Waals surface area contributed by atoms with Crippen LogP contribution in [0.5, 0.6) is 5.75 Å². The number of hydrogen-bond acceptors (Lipinski definition) is 4. The Morgan fingerprint density at radius 3 is 2.37 bits per heavy atom. The highest BCUT2D eigenvalue weighted by Crippen LogP contribution is 2.26. The first-order valence-electron chi connectivity index (χ1n) is 8.85. The van der Waals surface area contributed by atoms with Gasteiger partial charge in [0.2, 0.25) is 5.91 Å². The lowest BCUT2D eigenvalue weighted by molar-refractivity contribution is -0.127.